The molecule has 0 spiro atoms. The summed E-state index contributed by atoms with van der Waals surface area (Å²) in [5, 5.41) is 0. The molecule has 0 radical (unpaired) electrons. The Labute approximate surface area is 118 Å². The third-order valence-corrected chi connectivity index (χ3v) is 4.89. The van der Waals surface area contributed by atoms with E-state index in [2.05, 4.69) is 6.92 Å². The Morgan fingerprint density at radius 1 is 0.947 bits per heavy atom. The summed E-state index contributed by atoms with van der Waals surface area (Å²) in [5.74, 6) is -0.100. The number of ketones is 1. The molecular weight excluding hydrogens is 260 g/mol. The molecule has 0 saturated heterocycles. The van der Waals surface area contributed by atoms with E-state index in [-0.39, 0.29) is 16.4 Å². The quantitative estimate of drug-likeness (QED) is 0.426. The first-order valence-corrected chi connectivity index (χ1v) is 9.10. The molecule has 0 bridgehead atoms. The Kier molecular flexibility index (Phi) is 9.84. The molecule has 0 saturated carbocycles. The largest absolute Gasteiger partial charge is 0.293 e. The summed E-state index contributed by atoms with van der Waals surface area (Å²) < 4.78 is 24.4. The molecule has 0 fully saturated rings. The van der Waals surface area contributed by atoms with Crippen molar-refractivity contribution < 1.29 is 13.2 Å². The lowest BCUT2D eigenvalue weighted by molar-refractivity contribution is -0.115. The van der Waals surface area contributed by atoms with E-state index in [1.807, 2.05) is 13.8 Å². The number of rotatable bonds is 11. The second-order valence-electron chi connectivity index (χ2n) is 4.91. The fourth-order valence-corrected chi connectivity index (χ4v) is 3.50. The smallest absolute Gasteiger partial charge is 0.181 e. The van der Waals surface area contributed by atoms with Gasteiger partial charge in [0.05, 0.1) is 5.75 Å². The van der Waals surface area contributed by atoms with Gasteiger partial charge in [0.15, 0.2) is 15.6 Å². The van der Waals surface area contributed by atoms with Gasteiger partial charge in [-0.05, 0) is 19.3 Å². The molecule has 0 aromatic rings. The van der Waals surface area contributed by atoms with Crippen LogP contribution in [0.25, 0.3) is 0 Å². The molecular formula is C15H28O3S. The van der Waals surface area contributed by atoms with E-state index < -0.39 is 9.84 Å². The molecule has 19 heavy (non-hydrogen) atoms. The van der Waals surface area contributed by atoms with E-state index in [0.717, 1.165) is 32.1 Å². The minimum Gasteiger partial charge on any atom is -0.293 e. The van der Waals surface area contributed by atoms with Gasteiger partial charge in [0, 0.05) is 6.42 Å². The summed E-state index contributed by atoms with van der Waals surface area (Å²) in [7, 11) is -3.38. The minimum atomic E-state index is -3.38. The van der Waals surface area contributed by atoms with E-state index in [1.165, 1.54) is 0 Å². The van der Waals surface area contributed by atoms with Crippen LogP contribution < -0.4 is 0 Å². The fourth-order valence-electron chi connectivity index (χ4n) is 1.79. The third-order valence-electron chi connectivity index (χ3n) is 3.00. The summed E-state index contributed by atoms with van der Waals surface area (Å²) >= 11 is 0. The van der Waals surface area contributed by atoms with Gasteiger partial charge in [-0.2, -0.15) is 0 Å². The Bertz CT molecular complexity index is 380. The molecule has 0 N–H and O–H groups in total. The van der Waals surface area contributed by atoms with E-state index in [0.29, 0.717) is 19.3 Å². The highest BCUT2D eigenvalue weighted by Crippen LogP contribution is 2.16. The normalized spacial score (nSPS) is 12.7. The molecule has 0 amide bonds. The molecule has 112 valence electrons. The van der Waals surface area contributed by atoms with Crippen LogP contribution in [0.1, 0.15) is 72.1 Å². The van der Waals surface area contributed by atoms with Gasteiger partial charge >= 0.3 is 0 Å². The molecule has 0 unspecified atom stereocenters. The summed E-state index contributed by atoms with van der Waals surface area (Å²) in [6.45, 7) is 6.00. The van der Waals surface area contributed by atoms with Crippen molar-refractivity contribution in [3.8, 4) is 0 Å². The molecule has 0 aliphatic carbocycles. The van der Waals surface area contributed by atoms with Crippen molar-refractivity contribution in [2.45, 2.75) is 72.1 Å². The number of hydrogen-bond donors (Lipinski definition) is 0. The van der Waals surface area contributed by atoms with Crippen LogP contribution in [0.3, 0.4) is 0 Å². The van der Waals surface area contributed by atoms with Crippen molar-refractivity contribution in [3.63, 3.8) is 0 Å². The van der Waals surface area contributed by atoms with Gasteiger partial charge in [-0.1, -0.05) is 52.5 Å². The number of allylic oxidation sites excluding steroid dienone is 2. The van der Waals surface area contributed by atoms with Gasteiger partial charge in [-0.3, -0.25) is 4.79 Å². The van der Waals surface area contributed by atoms with Crippen molar-refractivity contribution >= 4 is 15.6 Å². The molecule has 4 heteroatoms. The predicted molar refractivity (Wildman–Crippen MR) is 80.8 cm³/mol. The Balaban J connectivity index is 4.85. The van der Waals surface area contributed by atoms with Crippen LogP contribution in [0.2, 0.25) is 0 Å². The summed E-state index contributed by atoms with van der Waals surface area (Å²) in [5.41, 5.74) is 0. The minimum absolute atomic E-state index is 0.0684. The van der Waals surface area contributed by atoms with Crippen LogP contribution in [-0.4, -0.2) is 20.0 Å². The lowest BCUT2D eigenvalue weighted by Gasteiger charge is -2.08. The van der Waals surface area contributed by atoms with Crippen LogP contribution in [0.5, 0.6) is 0 Å². The van der Waals surface area contributed by atoms with Gasteiger partial charge < -0.3 is 0 Å². The SMILES string of the molecule is CCC/C=C(\C(=O)CCCCC)S(=O)(=O)CCCC. The summed E-state index contributed by atoms with van der Waals surface area (Å²) in [6, 6.07) is 0. The van der Waals surface area contributed by atoms with Gasteiger partial charge in [0.25, 0.3) is 0 Å². The zero-order valence-electron chi connectivity index (χ0n) is 12.6. The monoisotopic (exact) mass is 288 g/mol. The highest BCUT2D eigenvalue weighted by molar-refractivity contribution is 7.96. The lowest BCUT2D eigenvalue weighted by atomic mass is 10.1. The number of carbonyl (C=O) groups is 1. The maximum absolute atomic E-state index is 12.2. The lowest BCUT2D eigenvalue weighted by Crippen LogP contribution is -2.17. The van der Waals surface area contributed by atoms with Crippen LogP contribution in [0.4, 0.5) is 0 Å². The molecule has 0 aliphatic rings. The average Bonchev–Trinajstić information content (AvgIpc) is 2.37. The summed E-state index contributed by atoms with van der Waals surface area (Å²) in [6.07, 6.45) is 7.72. The second kappa shape index (κ2) is 10.2. The second-order valence-corrected chi connectivity index (χ2v) is 6.99. The van der Waals surface area contributed by atoms with Crippen LogP contribution >= 0.6 is 0 Å². The predicted octanol–water partition coefficient (Wildman–Crippen LogP) is 4.03. The van der Waals surface area contributed by atoms with Gasteiger partial charge in [0.1, 0.15) is 4.91 Å². The molecule has 0 atom stereocenters. The van der Waals surface area contributed by atoms with Gasteiger partial charge in [-0.25, -0.2) is 8.42 Å². The number of unbranched alkanes of at least 4 members (excludes halogenated alkanes) is 4. The third kappa shape index (κ3) is 7.51. The number of carbonyl (C=O) groups excluding carboxylic acids is 1. The van der Waals surface area contributed by atoms with Crippen LogP contribution in [0.15, 0.2) is 11.0 Å². The Morgan fingerprint density at radius 3 is 2.11 bits per heavy atom. The molecule has 0 heterocycles. The molecule has 3 nitrogen and oxygen atoms in total. The van der Waals surface area contributed by atoms with Crippen molar-refractivity contribution in [3.05, 3.63) is 11.0 Å². The molecule has 0 aromatic heterocycles. The Morgan fingerprint density at radius 2 is 1.58 bits per heavy atom. The standard InChI is InChI=1S/C15H28O3S/c1-4-7-10-11-14(16)15(12-8-5-2)19(17,18)13-9-6-3/h12H,4-11,13H2,1-3H3/b15-12+. The van der Waals surface area contributed by atoms with Crippen molar-refractivity contribution in [1.82, 2.24) is 0 Å². The van der Waals surface area contributed by atoms with E-state index in [9.17, 15) is 13.2 Å². The fraction of sp³-hybridized carbons (Fsp3) is 0.800. The molecule has 0 aliphatic heterocycles. The zero-order chi connectivity index (χ0) is 14.7. The van der Waals surface area contributed by atoms with Gasteiger partial charge in [0.2, 0.25) is 0 Å². The molecule has 0 aromatic carbocycles. The topological polar surface area (TPSA) is 51.2 Å². The number of Topliss-reactive ketones (excluding diaryl/α,β-unsaturated/α-hetero) is 1. The van der Waals surface area contributed by atoms with E-state index >= 15 is 0 Å². The van der Waals surface area contributed by atoms with E-state index in [4.69, 9.17) is 0 Å². The number of hydrogen-bond acceptors (Lipinski definition) is 3. The van der Waals surface area contributed by atoms with Crippen molar-refractivity contribution in [2.24, 2.45) is 0 Å². The van der Waals surface area contributed by atoms with Crippen LogP contribution in [0, 0.1) is 0 Å². The first kappa shape index (κ1) is 18.4. The zero-order valence-corrected chi connectivity index (χ0v) is 13.4. The van der Waals surface area contributed by atoms with Crippen molar-refractivity contribution in [1.29, 1.82) is 0 Å². The maximum Gasteiger partial charge on any atom is 0.181 e. The van der Waals surface area contributed by atoms with Gasteiger partial charge in [-0.15, -0.1) is 0 Å². The first-order chi connectivity index (χ1) is 8.99. The van der Waals surface area contributed by atoms with E-state index in [1.54, 1.807) is 6.08 Å². The molecule has 0 rings (SSSR count). The maximum atomic E-state index is 12.2. The first-order valence-electron chi connectivity index (χ1n) is 7.45. The Hall–Kier alpha value is -0.640. The van der Waals surface area contributed by atoms with Crippen LogP contribution in [-0.2, 0) is 14.6 Å². The highest BCUT2D eigenvalue weighted by atomic mass is 32.2. The highest BCUT2D eigenvalue weighted by Gasteiger charge is 2.23. The summed E-state index contributed by atoms with van der Waals surface area (Å²) in [4.78, 5) is 12.2. The van der Waals surface area contributed by atoms with Crippen molar-refractivity contribution in [2.75, 3.05) is 5.75 Å². The average molecular weight is 288 g/mol. The number of sulfone groups is 1.